The van der Waals surface area contributed by atoms with E-state index in [9.17, 15) is 19.2 Å². The predicted molar refractivity (Wildman–Crippen MR) is 165 cm³/mol. The normalized spacial score (nSPS) is 24.8. The topological polar surface area (TPSA) is 84.0 Å². The molecular weight excluding hydrogens is 576 g/mol. The third-order valence-electron chi connectivity index (χ3n) is 9.73. The van der Waals surface area contributed by atoms with Gasteiger partial charge < -0.3 is 9.64 Å². The van der Waals surface area contributed by atoms with Crippen LogP contribution in [-0.2, 0) is 19.2 Å². The van der Waals surface area contributed by atoms with E-state index in [1.165, 1.54) is 4.90 Å². The van der Waals surface area contributed by atoms with E-state index in [2.05, 4.69) is 24.3 Å². The van der Waals surface area contributed by atoms with Gasteiger partial charge in [-0.05, 0) is 59.0 Å². The van der Waals surface area contributed by atoms with Crippen molar-refractivity contribution in [2.24, 2.45) is 17.8 Å². The number of esters is 1. The number of hydrogen-bond donors (Lipinski definition) is 0. The summed E-state index contributed by atoms with van der Waals surface area (Å²) in [5.41, 5.74) is 6.24. The van der Waals surface area contributed by atoms with Crippen LogP contribution in [-0.4, -0.2) is 30.2 Å². The SMILES string of the molecule is Cc1c(Cl)cccc1N1C[C@H](C(=O)Oc2cccc(N3C(=O)[C@@H]4C5c6ccccc6C(c6ccccc65)[C@@H]4C3=O)c2)CC1=O. The molecule has 4 aromatic carbocycles. The van der Waals surface area contributed by atoms with E-state index in [0.717, 1.165) is 27.8 Å². The van der Waals surface area contributed by atoms with Gasteiger partial charge in [-0.1, -0.05) is 72.3 Å². The number of amides is 3. The summed E-state index contributed by atoms with van der Waals surface area (Å²) in [4.78, 5) is 57.1. The largest absolute Gasteiger partial charge is 0.426 e. The maximum Gasteiger partial charge on any atom is 0.316 e. The number of anilines is 2. The molecule has 2 aliphatic heterocycles. The zero-order valence-electron chi connectivity index (χ0n) is 23.8. The Bertz CT molecular complexity index is 1800. The molecule has 2 saturated heterocycles. The summed E-state index contributed by atoms with van der Waals surface area (Å²) >= 11 is 6.26. The summed E-state index contributed by atoms with van der Waals surface area (Å²) in [5.74, 6) is -3.09. The van der Waals surface area contributed by atoms with E-state index in [1.54, 1.807) is 47.4 Å². The molecule has 0 spiro atoms. The average molecular weight is 603 g/mol. The maximum atomic E-state index is 14.1. The molecule has 0 unspecified atom stereocenters. The van der Waals surface area contributed by atoms with E-state index in [4.69, 9.17) is 16.3 Å². The molecule has 7 nitrogen and oxygen atoms in total. The van der Waals surface area contributed by atoms with Crippen molar-refractivity contribution in [1.82, 2.24) is 0 Å². The summed E-state index contributed by atoms with van der Waals surface area (Å²) in [5, 5.41) is 0.546. The maximum absolute atomic E-state index is 14.1. The molecule has 2 fully saturated rings. The fourth-order valence-electron chi connectivity index (χ4n) is 7.80. The minimum Gasteiger partial charge on any atom is -0.426 e. The molecule has 218 valence electrons. The van der Waals surface area contributed by atoms with Crippen molar-refractivity contribution in [3.8, 4) is 5.75 Å². The Morgan fingerprint density at radius 2 is 1.34 bits per heavy atom. The Kier molecular flexibility index (Phi) is 6.04. The second-order valence-corrected chi connectivity index (χ2v) is 12.4. The van der Waals surface area contributed by atoms with Gasteiger partial charge in [-0.15, -0.1) is 0 Å². The summed E-state index contributed by atoms with van der Waals surface area (Å²) in [7, 11) is 0. The molecule has 0 aromatic heterocycles. The van der Waals surface area contributed by atoms with Crippen LogP contribution in [0.3, 0.4) is 0 Å². The molecule has 0 N–H and O–H groups in total. The Labute approximate surface area is 259 Å². The van der Waals surface area contributed by atoms with Gasteiger partial charge in [0.05, 0.1) is 23.4 Å². The van der Waals surface area contributed by atoms with Crippen LogP contribution in [0, 0.1) is 24.7 Å². The van der Waals surface area contributed by atoms with E-state index < -0.39 is 23.7 Å². The number of nitrogens with zero attached hydrogens (tertiary/aromatic N) is 2. The fraction of sp³-hybridized carbons (Fsp3) is 0.222. The van der Waals surface area contributed by atoms with Gasteiger partial charge in [0.2, 0.25) is 17.7 Å². The van der Waals surface area contributed by atoms with Gasteiger partial charge in [-0.25, -0.2) is 4.90 Å². The van der Waals surface area contributed by atoms with Crippen LogP contribution in [0.25, 0.3) is 0 Å². The number of ether oxygens (including phenoxy) is 1. The molecule has 5 aliphatic rings. The number of carbonyl (C=O) groups is 4. The van der Waals surface area contributed by atoms with Crippen molar-refractivity contribution in [2.45, 2.75) is 25.2 Å². The molecule has 44 heavy (non-hydrogen) atoms. The van der Waals surface area contributed by atoms with Gasteiger partial charge in [-0.3, -0.25) is 19.2 Å². The Morgan fingerprint density at radius 1 is 0.773 bits per heavy atom. The number of hydrogen-bond acceptors (Lipinski definition) is 5. The first kappa shape index (κ1) is 26.8. The van der Waals surface area contributed by atoms with E-state index in [1.807, 2.05) is 31.2 Å². The second kappa shape index (κ2) is 9.89. The molecule has 8 heteroatoms. The van der Waals surface area contributed by atoms with Crippen molar-refractivity contribution in [3.63, 3.8) is 0 Å². The molecule has 4 aromatic rings. The second-order valence-electron chi connectivity index (χ2n) is 12.0. The first-order valence-corrected chi connectivity index (χ1v) is 15.1. The van der Waals surface area contributed by atoms with Gasteiger partial charge >= 0.3 is 5.97 Å². The van der Waals surface area contributed by atoms with Crippen LogP contribution >= 0.6 is 11.6 Å². The molecule has 3 amide bonds. The van der Waals surface area contributed by atoms with Gasteiger partial charge in [0, 0.05) is 41.6 Å². The first-order valence-electron chi connectivity index (χ1n) is 14.8. The number of imide groups is 1. The standard InChI is InChI=1S/C36H27ClN2O5/c1-19-27(37)14-7-15-28(19)38-18-20(16-29(38)40)36(43)44-22-9-6-8-21(17-22)39-34(41)32-30-23-10-2-3-11-24(23)31(33(32)35(39)42)26-13-5-4-12-25(26)30/h2-15,17,20,30-33H,16,18H2,1H3/t20-,30?,31?,32-,33+/m1/s1. The molecule has 9 rings (SSSR count). The van der Waals surface area contributed by atoms with E-state index in [-0.39, 0.29) is 48.3 Å². The Balaban J connectivity index is 1.06. The Morgan fingerprint density at radius 3 is 1.93 bits per heavy atom. The molecule has 2 heterocycles. The van der Waals surface area contributed by atoms with Crippen molar-refractivity contribution in [1.29, 1.82) is 0 Å². The lowest BCUT2D eigenvalue weighted by Gasteiger charge is -2.45. The van der Waals surface area contributed by atoms with Gasteiger partial charge in [-0.2, -0.15) is 0 Å². The lowest BCUT2D eigenvalue weighted by atomic mass is 9.55. The van der Waals surface area contributed by atoms with Gasteiger partial charge in [0.25, 0.3) is 0 Å². The number of rotatable bonds is 4. The summed E-state index contributed by atoms with van der Waals surface area (Å²) in [6.07, 6.45) is 0.0147. The molecule has 3 aliphatic carbocycles. The first-order chi connectivity index (χ1) is 21.3. The highest BCUT2D eigenvalue weighted by molar-refractivity contribution is 6.31. The van der Waals surface area contributed by atoms with Crippen LogP contribution in [0.15, 0.2) is 91.0 Å². The zero-order chi connectivity index (χ0) is 30.3. The smallest absolute Gasteiger partial charge is 0.316 e. The lowest BCUT2D eigenvalue weighted by Crippen LogP contribution is -2.41. The number of carbonyl (C=O) groups excluding carboxylic acids is 4. The monoisotopic (exact) mass is 602 g/mol. The van der Waals surface area contributed by atoms with Crippen molar-refractivity contribution >= 4 is 46.7 Å². The quantitative estimate of drug-likeness (QED) is 0.162. The summed E-state index contributed by atoms with van der Waals surface area (Å²) in [6, 6.07) is 28.1. The highest BCUT2D eigenvalue weighted by Crippen LogP contribution is 2.61. The average Bonchev–Trinajstić information content (AvgIpc) is 3.55. The third kappa shape index (κ3) is 3.82. The molecule has 2 bridgehead atoms. The van der Waals surface area contributed by atoms with Crippen LogP contribution in [0.2, 0.25) is 5.02 Å². The predicted octanol–water partition coefficient (Wildman–Crippen LogP) is 6.00. The number of benzene rings is 4. The molecule has 0 radical (unpaired) electrons. The van der Waals surface area contributed by atoms with Crippen LogP contribution in [0.5, 0.6) is 5.75 Å². The van der Waals surface area contributed by atoms with Crippen LogP contribution < -0.4 is 14.5 Å². The molecular formula is C36H27ClN2O5. The minimum absolute atomic E-state index is 0.0147. The molecule has 3 atom stereocenters. The fourth-order valence-corrected chi connectivity index (χ4v) is 7.97. The zero-order valence-corrected chi connectivity index (χ0v) is 24.5. The summed E-state index contributed by atoms with van der Waals surface area (Å²) < 4.78 is 5.74. The summed E-state index contributed by atoms with van der Waals surface area (Å²) in [6.45, 7) is 2.01. The van der Waals surface area contributed by atoms with Gasteiger partial charge in [0.1, 0.15) is 5.75 Å². The van der Waals surface area contributed by atoms with E-state index in [0.29, 0.717) is 16.4 Å². The van der Waals surface area contributed by atoms with Crippen molar-refractivity contribution in [3.05, 3.63) is 124 Å². The van der Waals surface area contributed by atoms with Crippen LogP contribution in [0.4, 0.5) is 11.4 Å². The van der Waals surface area contributed by atoms with Gasteiger partial charge in [0.15, 0.2) is 0 Å². The third-order valence-corrected chi connectivity index (χ3v) is 10.1. The van der Waals surface area contributed by atoms with Crippen molar-refractivity contribution in [2.75, 3.05) is 16.3 Å². The number of halogens is 1. The highest BCUT2D eigenvalue weighted by atomic mass is 35.5. The molecule has 0 saturated carbocycles. The van der Waals surface area contributed by atoms with Crippen LogP contribution in [0.1, 0.15) is 46.1 Å². The van der Waals surface area contributed by atoms with Crippen molar-refractivity contribution < 1.29 is 23.9 Å². The minimum atomic E-state index is -0.671. The highest BCUT2D eigenvalue weighted by Gasteiger charge is 2.61. The Hall–Kier alpha value is -4.75. The van der Waals surface area contributed by atoms with E-state index >= 15 is 0 Å². The lowest BCUT2D eigenvalue weighted by molar-refractivity contribution is -0.139.